The second-order valence-electron chi connectivity index (χ2n) is 4.04. The molecule has 1 aromatic rings. The highest BCUT2D eigenvalue weighted by Gasteiger charge is 2.25. The van der Waals surface area contributed by atoms with E-state index in [4.69, 9.17) is 11.6 Å². The van der Waals surface area contributed by atoms with Gasteiger partial charge < -0.3 is 0 Å². The van der Waals surface area contributed by atoms with Crippen LogP contribution in [0.15, 0.2) is 24.3 Å². The molecule has 14 heavy (non-hydrogen) atoms. The molecule has 0 aliphatic heterocycles. The summed E-state index contributed by atoms with van der Waals surface area (Å²) >= 11 is 6.25. The summed E-state index contributed by atoms with van der Waals surface area (Å²) in [5.74, 6) is 0.486. The Morgan fingerprint density at radius 3 is 2.79 bits per heavy atom. The Kier molecular flexibility index (Phi) is 3.07. The molecule has 0 bridgehead atoms. The third-order valence-corrected chi connectivity index (χ3v) is 3.49. The van der Waals surface area contributed by atoms with Crippen molar-refractivity contribution in [2.75, 3.05) is 0 Å². The van der Waals surface area contributed by atoms with Gasteiger partial charge in [0.2, 0.25) is 0 Å². The number of alkyl halides is 1. The zero-order valence-corrected chi connectivity index (χ0v) is 8.80. The molecule has 1 unspecified atom stereocenters. The highest BCUT2D eigenvalue weighted by atomic mass is 35.5. The highest BCUT2D eigenvalue weighted by Crippen LogP contribution is 2.34. The van der Waals surface area contributed by atoms with E-state index in [1.807, 2.05) is 6.07 Å². The molecule has 0 aromatic heterocycles. The topological polar surface area (TPSA) is 0 Å². The van der Waals surface area contributed by atoms with E-state index in [-0.39, 0.29) is 11.2 Å². The number of benzene rings is 1. The summed E-state index contributed by atoms with van der Waals surface area (Å²) in [4.78, 5) is 0. The molecule has 0 amide bonds. The molecule has 0 nitrogen and oxygen atoms in total. The van der Waals surface area contributed by atoms with Crippen molar-refractivity contribution >= 4 is 11.6 Å². The van der Waals surface area contributed by atoms with E-state index < -0.39 is 0 Å². The van der Waals surface area contributed by atoms with Gasteiger partial charge in [-0.2, -0.15) is 0 Å². The van der Waals surface area contributed by atoms with Gasteiger partial charge in [-0.05, 0) is 42.9 Å². The number of halogens is 2. The standard InChI is InChI=1S/C12H14ClF/c13-12(10-4-2-5-10)8-9-3-1-6-11(14)7-9/h1,3,6-7,10,12H,2,4-5,8H2. The Morgan fingerprint density at radius 2 is 2.21 bits per heavy atom. The van der Waals surface area contributed by atoms with Crippen LogP contribution in [0.5, 0.6) is 0 Å². The molecule has 1 aliphatic rings. The molecular formula is C12H14ClF. The van der Waals surface area contributed by atoms with Gasteiger partial charge in [0, 0.05) is 5.38 Å². The van der Waals surface area contributed by atoms with Crippen LogP contribution < -0.4 is 0 Å². The molecule has 0 N–H and O–H groups in total. The zero-order valence-electron chi connectivity index (χ0n) is 8.05. The van der Waals surface area contributed by atoms with E-state index in [9.17, 15) is 4.39 Å². The molecule has 1 aliphatic carbocycles. The molecular weight excluding hydrogens is 199 g/mol. The first-order chi connectivity index (χ1) is 6.75. The monoisotopic (exact) mass is 212 g/mol. The average Bonchev–Trinajstić information content (AvgIpc) is 1.99. The van der Waals surface area contributed by atoms with Gasteiger partial charge in [0.25, 0.3) is 0 Å². The summed E-state index contributed by atoms with van der Waals surface area (Å²) in [7, 11) is 0. The van der Waals surface area contributed by atoms with Crippen molar-refractivity contribution in [1.29, 1.82) is 0 Å². The molecule has 76 valence electrons. The molecule has 1 atom stereocenters. The smallest absolute Gasteiger partial charge is 0.123 e. The van der Waals surface area contributed by atoms with Crippen LogP contribution in [0.1, 0.15) is 24.8 Å². The van der Waals surface area contributed by atoms with Crippen LogP contribution in [-0.2, 0) is 6.42 Å². The van der Waals surface area contributed by atoms with E-state index in [2.05, 4.69) is 0 Å². The summed E-state index contributed by atoms with van der Waals surface area (Å²) in [5.41, 5.74) is 1.01. The summed E-state index contributed by atoms with van der Waals surface area (Å²) in [6.45, 7) is 0. The van der Waals surface area contributed by atoms with E-state index >= 15 is 0 Å². The van der Waals surface area contributed by atoms with Crippen molar-refractivity contribution in [2.45, 2.75) is 31.1 Å². The lowest BCUT2D eigenvalue weighted by Crippen LogP contribution is -2.24. The quantitative estimate of drug-likeness (QED) is 0.669. The van der Waals surface area contributed by atoms with E-state index in [1.165, 1.54) is 25.3 Å². The van der Waals surface area contributed by atoms with Crippen molar-refractivity contribution in [1.82, 2.24) is 0 Å². The molecule has 2 rings (SSSR count). The first kappa shape index (κ1) is 9.97. The Bertz CT molecular complexity index is 307. The summed E-state index contributed by atoms with van der Waals surface area (Å²) in [6.07, 6.45) is 4.58. The molecule has 1 aromatic carbocycles. The Labute approximate surface area is 89.1 Å². The maximum atomic E-state index is 12.9. The van der Waals surface area contributed by atoms with Gasteiger partial charge in [0.15, 0.2) is 0 Å². The summed E-state index contributed by atoms with van der Waals surface area (Å²) in [6, 6.07) is 6.73. The fourth-order valence-electron chi connectivity index (χ4n) is 1.86. The van der Waals surface area contributed by atoms with E-state index in [0.717, 1.165) is 12.0 Å². The van der Waals surface area contributed by atoms with Gasteiger partial charge >= 0.3 is 0 Å². The SMILES string of the molecule is Fc1cccc(CC(Cl)C2CCC2)c1. The highest BCUT2D eigenvalue weighted by molar-refractivity contribution is 6.21. The lowest BCUT2D eigenvalue weighted by atomic mass is 9.81. The molecule has 2 heteroatoms. The van der Waals surface area contributed by atoms with Crippen LogP contribution in [0.2, 0.25) is 0 Å². The van der Waals surface area contributed by atoms with Crippen molar-refractivity contribution in [3.8, 4) is 0 Å². The van der Waals surface area contributed by atoms with Crippen LogP contribution >= 0.6 is 11.6 Å². The minimum absolute atomic E-state index is 0.167. The molecule has 0 spiro atoms. The van der Waals surface area contributed by atoms with Gasteiger partial charge in [-0.3, -0.25) is 0 Å². The largest absolute Gasteiger partial charge is 0.207 e. The number of hydrogen-bond donors (Lipinski definition) is 0. The third kappa shape index (κ3) is 2.27. The molecule has 0 heterocycles. The predicted molar refractivity (Wildman–Crippen MR) is 57.1 cm³/mol. The van der Waals surface area contributed by atoms with Crippen molar-refractivity contribution in [2.24, 2.45) is 5.92 Å². The predicted octanol–water partition coefficient (Wildman–Crippen LogP) is 3.78. The van der Waals surface area contributed by atoms with Crippen LogP contribution in [0, 0.1) is 11.7 Å². The molecule has 0 radical (unpaired) electrons. The lowest BCUT2D eigenvalue weighted by molar-refractivity contribution is 0.302. The maximum absolute atomic E-state index is 12.9. The third-order valence-electron chi connectivity index (χ3n) is 2.98. The molecule has 1 fully saturated rings. The second-order valence-corrected chi connectivity index (χ2v) is 4.60. The first-order valence-electron chi connectivity index (χ1n) is 5.14. The Morgan fingerprint density at radius 1 is 1.43 bits per heavy atom. The van der Waals surface area contributed by atoms with Gasteiger partial charge in [-0.15, -0.1) is 11.6 Å². The molecule has 0 saturated heterocycles. The number of rotatable bonds is 3. The maximum Gasteiger partial charge on any atom is 0.123 e. The van der Waals surface area contributed by atoms with Crippen LogP contribution in [0.3, 0.4) is 0 Å². The van der Waals surface area contributed by atoms with Gasteiger partial charge in [-0.1, -0.05) is 18.6 Å². The van der Waals surface area contributed by atoms with Crippen LogP contribution in [-0.4, -0.2) is 5.38 Å². The van der Waals surface area contributed by atoms with Crippen molar-refractivity contribution in [3.05, 3.63) is 35.6 Å². The van der Waals surface area contributed by atoms with Gasteiger partial charge in [-0.25, -0.2) is 4.39 Å². The molecule has 1 saturated carbocycles. The lowest BCUT2D eigenvalue weighted by Gasteiger charge is -2.29. The minimum Gasteiger partial charge on any atom is -0.207 e. The van der Waals surface area contributed by atoms with Crippen molar-refractivity contribution in [3.63, 3.8) is 0 Å². The van der Waals surface area contributed by atoms with Gasteiger partial charge in [0.05, 0.1) is 0 Å². The fourth-order valence-corrected chi connectivity index (χ4v) is 2.29. The van der Waals surface area contributed by atoms with Gasteiger partial charge in [0.1, 0.15) is 5.82 Å². The van der Waals surface area contributed by atoms with Crippen LogP contribution in [0.25, 0.3) is 0 Å². The average molecular weight is 213 g/mol. The summed E-state index contributed by atoms with van der Waals surface area (Å²) in [5, 5.41) is 0.186. The Hall–Kier alpha value is -0.560. The minimum atomic E-state index is -0.167. The normalized spacial score (nSPS) is 19.0. The summed E-state index contributed by atoms with van der Waals surface area (Å²) < 4.78 is 12.9. The zero-order chi connectivity index (χ0) is 9.97. The number of hydrogen-bond acceptors (Lipinski definition) is 0. The van der Waals surface area contributed by atoms with E-state index in [1.54, 1.807) is 12.1 Å². The first-order valence-corrected chi connectivity index (χ1v) is 5.58. The van der Waals surface area contributed by atoms with Crippen LogP contribution in [0.4, 0.5) is 4.39 Å². The van der Waals surface area contributed by atoms with E-state index in [0.29, 0.717) is 5.92 Å². The Balaban J connectivity index is 1.95. The fraction of sp³-hybridized carbons (Fsp3) is 0.500. The van der Waals surface area contributed by atoms with Crippen molar-refractivity contribution < 1.29 is 4.39 Å². The second kappa shape index (κ2) is 4.31.